The molecule has 0 saturated carbocycles. The van der Waals surface area contributed by atoms with Gasteiger partial charge in [0, 0.05) is 49.4 Å². The standard InChI is InChI=1S/C15H21FN2O5S/c1-10(14(17)19)23-15(4-6-22-7-5-15)12-3-2-11(13(16)8-12)9-18-24(20)21/h2-3,8,10,18H,4-7,9H2,1H3,(H2,17,19)(H,20,21)/p-1. The molecule has 2 rings (SSSR count). The summed E-state index contributed by atoms with van der Waals surface area (Å²) < 4.78 is 48.7. The molecule has 9 heteroatoms. The van der Waals surface area contributed by atoms with E-state index < -0.39 is 34.7 Å². The van der Waals surface area contributed by atoms with Crippen molar-refractivity contribution in [3.63, 3.8) is 0 Å². The van der Waals surface area contributed by atoms with E-state index in [0.29, 0.717) is 31.6 Å². The molecule has 1 amide bonds. The normalized spacial score (nSPS) is 19.6. The molecule has 1 saturated heterocycles. The summed E-state index contributed by atoms with van der Waals surface area (Å²) in [6, 6.07) is 4.48. The van der Waals surface area contributed by atoms with E-state index in [0.717, 1.165) is 0 Å². The Labute approximate surface area is 142 Å². The van der Waals surface area contributed by atoms with Crippen LogP contribution in [0.5, 0.6) is 0 Å². The second-order valence-corrected chi connectivity index (χ2v) is 6.39. The minimum atomic E-state index is -2.46. The zero-order chi connectivity index (χ0) is 17.7. The Bertz CT molecular complexity index is 622. The lowest BCUT2D eigenvalue weighted by Gasteiger charge is -2.39. The van der Waals surface area contributed by atoms with Gasteiger partial charge in [-0.2, -0.15) is 0 Å². The molecule has 1 aliphatic rings. The molecule has 2 unspecified atom stereocenters. The fourth-order valence-electron chi connectivity index (χ4n) is 2.68. The van der Waals surface area contributed by atoms with E-state index in [1.165, 1.54) is 12.1 Å². The molecule has 0 bridgehead atoms. The van der Waals surface area contributed by atoms with Crippen LogP contribution in [-0.2, 0) is 37.7 Å². The largest absolute Gasteiger partial charge is 0.760 e. The molecule has 1 fully saturated rings. The number of nitrogens with one attached hydrogen (secondary N) is 1. The smallest absolute Gasteiger partial charge is 0.246 e. The van der Waals surface area contributed by atoms with Gasteiger partial charge in [-0.05, 0) is 18.6 Å². The third-order valence-corrected chi connectivity index (χ3v) is 4.44. The Morgan fingerprint density at radius 2 is 2.21 bits per heavy atom. The molecule has 1 heterocycles. The molecule has 1 aromatic carbocycles. The second-order valence-electron chi connectivity index (χ2n) is 5.63. The lowest BCUT2D eigenvalue weighted by atomic mass is 9.85. The summed E-state index contributed by atoms with van der Waals surface area (Å²) in [5.41, 5.74) is 5.20. The average Bonchev–Trinajstić information content (AvgIpc) is 2.54. The van der Waals surface area contributed by atoms with Gasteiger partial charge in [0.2, 0.25) is 5.91 Å². The first-order valence-electron chi connectivity index (χ1n) is 7.50. The van der Waals surface area contributed by atoms with Crippen molar-refractivity contribution in [3.8, 4) is 0 Å². The SMILES string of the molecule is CC(OC1(c2ccc(CNS(=O)[O-])c(F)c2)CCOCC1)C(N)=O. The van der Waals surface area contributed by atoms with E-state index >= 15 is 0 Å². The number of carbonyl (C=O) groups excluding carboxylic acids is 1. The third kappa shape index (κ3) is 4.58. The topological polar surface area (TPSA) is 114 Å². The van der Waals surface area contributed by atoms with Gasteiger partial charge in [-0.1, -0.05) is 12.1 Å². The number of nitrogens with two attached hydrogens (primary N) is 1. The summed E-state index contributed by atoms with van der Waals surface area (Å²) in [4.78, 5) is 11.3. The highest BCUT2D eigenvalue weighted by atomic mass is 32.2. The van der Waals surface area contributed by atoms with Crippen molar-refractivity contribution in [1.29, 1.82) is 0 Å². The first-order valence-corrected chi connectivity index (χ1v) is 8.58. The van der Waals surface area contributed by atoms with Crippen molar-refractivity contribution in [2.75, 3.05) is 13.2 Å². The highest BCUT2D eigenvalue weighted by Crippen LogP contribution is 2.37. The highest BCUT2D eigenvalue weighted by Gasteiger charge is 2.38. The van der Waals surface area contributed by atoms with Gasteiger partial charge in [-0.15, -0.1) is 0 Å². The zero-order valence-corrected chi connectivity index (χ0v) is 14.1. The van der Waals surface area contributed by atoms with E-state index in [2.05, 4.69) is 4.72 Å². The molecule has 0 radical (unpaired) electrons. The number of hydrogen-bond donors (Lipinski definition) is 2. The van der Waals surface area contributed by atoms with Gasteiger partial charge in [-0.25, -0.2) is 9.11 Å². The third-order valence-electron chi connectivity index (χ3n) is 4.06. The van der Waals surface area contributed by atoms with E-state index in [4.69, 9.17) is 15.2 Å². The van der Waals surface area contributed by atoms with Gasteiger partial charge in [0.1, 0.15) is 11.9 Å². The quantitative estimate of drug-likeness (QED) is 0.692. The van der Waals surface area contributed by atoms with Crippen molar-refractivity contribution in [3.05, 3.63) is 35.1 Å². The number of hydrogen-bond acceptors (Lipinski definition) is 5. The molecule has 1 aliphatic heterocycles. The molecular formula is C15H20FN2O5S-. The Hall–Kier alpha value is -1.39. The van der Waals surface area contributed by atoms with Gasteiger partial charge in [0.15, 0.2) is 0 Å². The number of primary amides is 1. The van der Waals surface area contributed by atoms with Crippen LogP contribution in [0.3, 0.4) is 0 Å². The summed E-state index contributed by atoms with van der Waals surface area (Å²) in [7, 11) is 0. The van der Waals surface area contributed by atoms with Crippen molar-refractivity contribution in [2.24, 2.45) is 5.73 Å². The van der Waals surface area contributed by atoms with Crippen molar-refractivity contribution in [2.45, 2.75) is 38.0 Å². The number of ether oxygens (including phenoxy) is 2. The van der Waals surface area contributed by atoms with Gasteiger partial charge in [-0.3, -0.25) is 9.00 Å². The highest BCUT2D eigenvalue weighted by molar-refractivity contribution is 7.77. The van der Waals surface area contributed by atoms with Crippen LogP contribution in [0, 0.1) is 5.82 Å². The molecular weight excluding hydrogens is 339 g/mol. The van der Waals surface area contributed by atoms with Crippen LogP contribution in [0.1, 0.15) is 30.9 Å². The molecule has 1 aromatic rings. The van der Waals surface area contributed by atoms with Crippen LogP contribution in [0.25, 0.3) is 0 Å². The molecule has 2 atom stereocenters. The fourth-order valence-corrected chi connectivity index (χ4v) is 2.96. The maximum atomic E-state index is 14.3. The predicted molar refractivity (Wildman–Crippen MR) is 83.6 cm³/mol. The number of halogens is 1. The Morgan fingerprint density at radius 3 is 2.75 bits per heavy atom. The Morgan fingerprint density at radius 1 is 1.54 bits per heavy atom. The van der Waals surface area contributed by atoms with Crippen molar-refractivity contribution < 1.29 is 27.4 Å². The minimum Gasteiger partial charge on any atom is -0.760 e. The Balaban J connectivity index is 2.27. The van der Waals surface area contributed by atoms with E-state index in [1.54, 1.807) is 13.0 Å². The average molecular weight is 359 g/mol. The predicted octanol–water partition coefficient (Wildman–Crippen LogP) is 0.606. The van der Waals surface area contributed by atoms with Crippen molar-refractivity contribution in [1.82, 2.24) is 4.72 Å². The van der Waals surface area contributed by atoms with Gasteiger partial charge in [0.25, 0.3) is 0 Å². The number of benzene rings is 1. The first kappa shape index (κ1) is 18.9. The van der Waals surface area contributed by atoms with Crippen LogP contribution >= 0.6 is 0 Å². The lowest BCUT2D eigenvalue weighted by Crippen LogP contribution is -2.42. The molecule has 7 nitrogen and oxygen atoms in total. The number of amides is 1. The van der Waals surface area contributed by atoms with Crippen LogP contribution in [0.2, 0.25) is 0 Å². The molecule has 134 valence electrons. The van der Waals surface area contributed by atoms with E-state index in [-0.39, 0.29) is 12.1 Å². The van der Waals surface area contributed by atoms with E-state index in [9.17, 15) is 17.9 Å². The number of rotatable bonds is 7. The maximum absolute atomic E-state index is 14.3. The van der Waals surface area contributed by atoms with Gasteiger partial charge < -0.3 is 19.8 Å². The summed E-state index contributed by atoms with van der Waals surface area (Å²) in [6.07, 6.45) is 0.105. The number of carbonyl (C=O) groups is 1. The zero-order valence-electron chi connectivity index (χ0n) is 13.2. The van der Waals surface area contributed by atoms with Crippen LogP contribution in [-0.4, -0.2) is 34.0 Å². The molecule has 3 N–H and O–H groups in total. The molecule has 24 heavy (non-hydrogen) atoms. The van der Waals surface area contributed by atoms with Crippen LogP contribution in [0.4, 0.5) is 4.39 Å². The van der Waals surface area contributed by atoms with Gasteiger partial charge >= 0.3 is 0 Å². The summed E-state index contributed by atoms with van der Waals surface area (Å²) in [5, 5.41) is 0. The molecule has 0 aliphatic carbocycles. The molecule has 0 aromatic heterocycles. The summed E-state index contributed by atoms with van der Waals surface area (Å²) in [6.45, 7) is 2.26. The lowest BCUT2D eigenvalue weighted by molar-refractivity contribution is -0.161. The van der Waals surface area contributed by atoms with Gasteiger partial charge in [0.05, 0.1) is 5.60 Å². The Kier molecular flexibility index (Phi) is 6.41. The monoisotopic (exact) mass is 359 g/mol. The van der Waals surface area contributed by atoms with Crippen LogP contribution < -0.4 is 10.5 Å². The maximum Gasteiger partial charge on any atom is 0.246 e. The fraction of sp³-hybridized carbons (Fsp3) is 0.533. The molecule has 0 spiro atoms. The minimum absolute atomic E-state index is 0.142. The summed E-state index contributed by atoms with van der Waals surface area (Å²) in [5.74, 6) is -1.15. The summed E-state index contributed by atoms with van der Waals surface area (Å²) >= 11 is -2.46. The second kappa shape index (κ2) is 8.13. The van der Waals surface area contributed by atoms with E-state index in [1.807, 2.05) is 0 Å². The van der Waals surface area contributed by atoms with Crippen molar-refractivity contribution >= 4 is 17.2 Å². The van der Waals surface area contributed by atoms with Crippen LogP contribution in [0.15, 0.2) is 18.2 Å². The first-order chi connectivity index (χ1) is 11.3.